The van der Waals surface area contributed by atoms with Crippen molar-refractivity contribution in [3.05, 3.63) is 100 Å². The number of nitrogen functional groups attached to an aromatic ring is 1. The number of hydrogen-bond acceptors (Lipinski definition) is 8. The molecule has 2 aromatic carbocycles. The molecule has 5 rings (SSSR count). The van der Waals surface area contributed by atoms with E-state index in [0.717, 1.165) is 22.9 Å². The summed E-state index contributed by atoms with van der Waals surface area (Å²) >= 11 is 0. The molecule has 1 aliphatic rings. The molecule has 4 aromatic rings. The second-order valence-corrected chi connectivity index (χ2v) is 8.98. The number of aromatic nitrogens is 3. The van der Waals surface area contributed by atoms with Crippen LogP contribution in [0.3, 0.4) is 0 Å². The first-order valence-corrected chi connectivity index (χ1v) is 12.3. The Morgan fingerprint density at radius 2 is 1.85 bits per heavy atom. The highest BCUT2D eigenvalue weighted by Crippen LogP contribution is 2.35. The number of ether oxygens (including phenoxy) is 1. The van der Waals surface area contributed by atoms with Crippen LogP contribution in [0.4, 0.5) is 25.1 Å². The molecular formula is C27H23F2N7O5. The van der Waals surface area contributed by atoms with Gasteiger partial charge in [-0.05, 0) is 48.5 Å². The van der Waals surface area contributed by atoms with Crippen LogP contribution in [0.1, 0.15) is 22.0 Å². The summed E-state index contributed by atoms with van der Waals surface area (Å²) in [4.78, 5) is 42.5. The Balaban J connectivity index is 1.35. The second kappa shape index (κ2) is 11.4. The number of nitrogens with zero attached hydrogens (tertiary/aromatic N) is 4. The average molecular weight is 564 g/mol. The third kappa shape index (κ3) is 5.81. The minimum atomic E-state index is -1.08. The van der Waals surface area contributed by atoms with Crippen LogP contribution in [0.2, 0.25) is 0 Å². The fourth-order valence-corrected chi connectivity index (χ4v) is 4.36. The summed E-state index contributed by atoms with van der Waals surface area (Å²) in [6.07, 6.45) is 1.55. The third-order valence-electron chi connectivity index (χ3n) is 6.35. The number of halogens is 2. The lowest BCUT2D eigenvalue weighted by Crippen LogP contribution is -2.48. The third-order valence-corrected chi connectivity index (χ3v) is 6.35. The molecule has 0 saturated carbocycles. The number of carboxylic acid groups (broad SMARTS) is 1. The Hall–Kier alpha value is -5.37. The van der Waals surface area contributed by atoms with Gasteiger partial charge in [0.1, 0.15) is 22.9 Å². The van der Waals surface area contributed by atoms with E-state index < -0.39 is 35.2 Å². The van der Waals surface area contributed by atoms with Crippen LogP contribution in [0.5, 0.6) is 11.5 Å². The highest BCUT2D eigenvalue weighted by atomic mass is 19.1. The van der Waals surface area contributed by atoms with Crippen LogP contribution in [0.15, 0.2) is 71.8 Å². The smallest absolute Gasteiger partial charge is 0.407 e. The monoisotopic (exact) mass is 563 g/mol. The SMILES string of the molecule is Nc1nccc(Oc2ccc(NC(=O)c3ccnn(-c4ccc(F)cc4)c3=O)cc2F)c1C1CN(C(=O)O)CCN1. The van der Waals surface area contributed by atoms with Crippen molar-refractivity contribution < 1.29 is 28.2 Å². The summed E-state index contributed by atoms with van der Waals surface area (Å²) in [7, 11) is 0. The first kappa shape index (κ1) is 27.2. The van der Waals surface area contributed by atoms with Crippen molar-refractivity contribution in [1.29, 1.82) is 0 Å². The van der Waals surface area contributed by atoms with E-state index in [4.69, 9.17) is 10.5 Å². The zero-order chi connectivity index (χ0) is 29.1. The van der Waals surface area contributed by atoms with Gasteiger partial charge in [-0.2, -0.15) is 9.78 Å². The number of carbonyl (C=O) groups excluding carboxylic acids is 1. The highest BCUT2D eigenvalue weighted by molar-refractivity contribution is 6.04. The zero-order valence-electron chi connectivity index (χ0n) is 21.3. The van der Waals surface area contributed by atoms with Crippen molar-refractivity contribution in [3.8, 4) is 17.2 Å². The molecule has 0 radical (unpaired) electrons. The molecule has 41 heavy (non-hydrogen) atoms. The summed E-state index contributed by atoms with van der Waals surface area (Å²) in [6, 6.07) is 10.8. The minimum absolute atomic E-state index is 0.0462. The van der Waals surface area contributed by atoms with E-state index in [0.29, 0.717) is 18.7 Å². The molecule has 0 bridgehead atoms. The number of piperazine rings is 1. The molecule has 3 heterocycles. The van der Waals surface area contributed by atoms with Crippen molar-refractivity contribution in [3.63, 3.8) is 0 Å². The lowest BCUT2D eigenvalue weighted by molar-refractivity contribution is 0.102. The van der Waals surface area contributed by atoms with E-state index in [1.807, 2.05) is 0 Å². The molecule has 1 unspecified atom stereocenters. The number of benzene rings is 2. The van der Waals surface area contributed by atoms with Crippen LogP contribution in [-0.2, 0) is 0 Å². The van der Waals surface area contributed by atoms with Crippen molar-refractivity contribution in [2.45, 2.75) is 6.04 Å². The van der Waals surface area contributed by atoms with Crippen molar-refractivity contribution >= 4 is 23.5 Å². The summed E-state index contributed by atoms with van der Waals surface area (Å²) < 4.78 is 35.1. The predicted molar refractivity (Wildman–Crippen MR) is 143 cm³/mol. The number of pyridine rings is 1. The predicted octanol–water partition coefficient (Wildman–Crippen LogP) is 3.16. The van der Waals surface area contributed by atoms with E-state index in [-0.39, 0.29) is 40.8 Å². The summed E-state index contributed by atoms with van der Waals surface area (Å²) in [6.45, 7) is 0.760. The normalized spacial score (nSPS) is 14.9. The fraction of sp³-hybridized carbons (Fsp3) is 0.148. The van der Waals surface area contributed by atoms with Gasteiger partial charge in [0, 0.05) is 43.8 Å². The number of carbonyl (C=O) groups is 2. The molecule has 1 fully saturated rings. The fourth-order valence-electron chi connectivity index (χ4n) is 4.36. The van der Waals surface area contributed by atoms with Crippen LogP contribution >= 0.6 is 0 Å². The molecule has 12 nitrogen and oxygen atoms in total. The van der Waals surface area contributed by atoms with Gasteiger partial charge in [0.2, 0.25) is 0 Å². The van der Waals surface area contributed by atoms with Gasteiger partial charge in [-0.1, -0.05) is 0 Å². The minimum Gasteiger partial charge on any atom is -0.465 e. The molecular weight excluding hydrogens is 540 g/mol. The van der Waals surface area contributed by atoms with E-state index in [1.54, 1.807) is 0 Å². The van der Waals surface area contributed by atoms with E-state index in [1.165, 1.54) is 53.7 Å². The Kier molecular flexibility index (Phi) is 7.56. The molecule has 0 spiro atoms. The van der Waals surface area contributed by atoms with Gasteiger partial charge in [-0.25, -0.2) is 18.6 Å². The number of amides is 2. The Bertz CT molecular complexity index is 1680. The largest absolute Gasteiger partial charge is 0.465 e. The second-order valence-electron chi connectivity index (χ2n) is 8.98. The molecule has 0 aliphatic carbocycles. The standard InChI is InChI=1S/C27H23F2N7O5/c28-15-1-4-17(5-2-15)36-26(38)18(7-10-33-36)25(37)34-16-3-6-21(19(29)13-16)41-22-8-9-32-24(30)23(22)20-14-35(27(39)40)12-11-31-20/h1-10,13,20,31H,11-12,14H2,(H2,30,32)(H,34,37)(H,39,40). The van der Waals surface area contributed by atoms with Gasteiger partial charge >= 0.3 is 6.09 Å². The molecule has 1 aliphatic heterocycles. The number of nitrogens with one attached hydrogen (secondary N) is 2. The number of rotatable bonds is 6. The van der Waals surface area contributed by atoms with Crippen molar-refractivity contribution in [2.75, 3.05) is 30.7 Å². The van der Waals surface area contributed by atoms with Gasteiger partial charge in [-0.15, -0.1) is 0 Å². The molecule has 1 atom stereocenters. The van der Waals surface area contributed by atoms with Gasteiger partial charge < -0.3 is 31.1 Å². The number of hydrogen-bond donors (Lipinski definition) is 4. The van der Waals surface area contributed by atoms with E-state index in [9.17, 15) is 23.9 Å². The summed E-state index contributed by atoms with van der Waals surface area (Å²) in [5.41, 5.74) is 5.75. The first-order chi connectivity index (χ1) is 19.7. The van der Waals surface area contributed by atoms with Gasteiger partial charge in [0.05, 0.1) is 17.3 Å². The first-order valence-electron chi connectivity index (χ1n) is 12.3. The Morgan fingerprint density at radius 1 is 1.07 bits per heavy atom. The zero-order valence-corrected chi connectivity index (χ0v) is 21.3. The lowest BCUT2D eigenvalue weighted by atomic mass is 10.0. The van der Waals surface area contributed by atoms with Gasteiger partial charge in [0.15, 0.2) is 11.6 Å². The van der Waals surface area contributed by atoms with Crippen molar-refractivity contribution in [1.82, 2.24) is 25.0 Å². The van der Waals surface area contributed by atoms with E-state index >= 15 is 4.39 Å². The van der Waals surface area contributed by atoms with Crippen LogP contribution in [-0.4, -0.2) is 56.4 Å². The number of anilines is 2. The Labute approximate surface area is 231 Å². The lowest BCUT2D eigenvalue weighted by Gasteiger charge is -2.33. The van der Waals surface area contributed by atoms with Gasteiger partial charge in [-0.3, -0.25) is 9.59 Å². The number of nitrogens with two attached hydrogens (primary N) is 1. The average Bonchev–Trinajstić information content (AvgIpc) is 2.95. The Morgan fingerprint density at radius 3 is 2.59 bits per heavy atom. The maximum Gasteiger partial charge on any atom is 0.407 e. The van der Waals surface area contributed by atoms with Crippen LogP contribution < -0.4 is 26.7 Å². The summed E-state index contributed by atoms with van der Waals surface area (Å²) in [5.74, 6) is -2.05. The maximum absolute atomic E-state index is 15.1. The molecule has 5 N–H and O–H groups in total. The quantitative estimate of drug-likeness (QED) is 0.276. The maximum atomic E-state index is 15.1. The van der Waals surface area contributed by atoms with Crippen molar-refractivity contribution in [2.24, 2.45) is 0 Å². The van der Waals surface area contributed by atoms with Crippen LogP contribution in [0, 0.1) is 11.6 Å². The molecule has 14 heteroatoms. The molecule has 2 aromatic heterocycles. The molecule has 210 valence electrons. The molecule has 1 saturated heterocycles. The molecule has 2 amide bonds. The van der Waals surface area contributed by atoms with Gasteiger partial charge in [0.25, 0.3) is 11.5 Å². The summed E-state index contributed by atoms with van der Waals surface area (Å²) in [5, 5.41) is 18.9. The van der Waals surface area contributed by atoms with E-state index in [2.05, 4.69) is 20.7 Å². The highest BCUT2D eigenvalue weighted by Gasteiger charge is 2.28. The van der Waals surface area contributed by atoms with Crippen LogP contribution in [0.25, 0.3) is 5.69 Å². The topological polar surface area (TPSA) is 165 Å².